The van der Waals surface area contributed by atoms with Crippen molar-refractivity contribution in [3.05, 3.63) is 34.5 Å². The number of nitrogens with zero attached hydrogens (tertiary/aromatic N) is 1. The van der Waals surface area contributed by atoms with Crippen LogP contribution in [-0.2, 0) is 4.74 Å². The first kappa shape index (κ1) is 17.7. The second kappa shape index (κ2) is 7.75. The molecule has 0 aromatic heterocycles. The Morgan fingerprint density at radius 1 is 1.39 bits per heavy atom. The van der Waals surface area contributed by atoms with E-state index in [0.717, 1.165) is 13.1 Å². The van der Waals surface area contributed by atoms with E-state index in [2.05, 4.69) is 9.64 Å². The second-order valence-corrected chi connectivity index (χ2v) is 6.19. The molecule has 0 atom stereocenters. The fourth-order valence-electron chi connectivity index (χ4n) is 2.20. The van der Waals surface area contributed by atoms with E-state index in [-0.39, 0.29) is 11.5 Å². The molecule has 0 N–H and O–H groups in total. The zero-order valence-electron chi connectivity index (χ0n) is 13.2. The summed E-state index contributed by atoms with van der Waals surface area (Å²) in [6, 6.07) is 3.12. The van der Waals surface area contributed by atoms with Crippen molar-refractivity contribution < 1.29 is 19.1 Å². The third kappa shape index (κ3) is 3.82. The number of methoxy groups -OCH3 is 1. The van der Waals surface area contributed by atoms with Crippen LogP contribution in [0.15, 0.2) is 28.8 Å². The van der Waals surface area contributed by atoms with Gasteiger partial charge in [-0.15, -0.1) is 11.8 Å². The molecule has 0 unspecified atom stereocenters. The van der Waals surface area contributed by atoms with E-state index in [0.29, 0.717) is 26.8 Å². The van der Waals surface area contributed by atoms with Gasteiger partial charge in [0.15, 0.2) is 5.78 Å². The molecule has 0 spiro atoms. The van der Waals surface area contributed by atoms with Crippen LogP contribution in [0, 0.1) is 0 Å². The van der Waals surface area contributed by atoms with Gasteiger partial charge < -0.3 is 14.4 Å². The molecular formula is C16H18ClNO4S. The summed E-state index contributed by atoms with van der Waals surface area (Å²) in [6.07, 6.45) is 1.05. The summed E-state index contributed by atoms with van der Waals surface area (Å²) in [4.78, 5) is 26.7. The number of ketones is 1. The Morgan fingerprint density at radius 3 is 2.70 bits per heavy atom. The van der Waals surface area contributed by atoms with E-state index in [1.807, 2.05) is 20.0 Å². The summed E-state index contributed by atoms with van der Waals surface area (Å²) in [6.45, 7) is 5.71. The number of benzene rings is 1. The van der Waals surface area contributed by atoms with Crippen molar-refractivity contribution in [2.24, 2.45) is 0 Å². The number of carbonyl (C=O) groups excluding carboxylic acids is 2. The molecule has 1 aromatic rings. The van der Waals surface area contributed by atoms with Gasteiger partial charge >= 0.3 is 6.16 Å². The standard InChI is InChI=1S/C16H18ClNO4S/c1-4-18(5-2)8-10-9-23-15-12(22-16(20)21-3)7-6-11(17)13(15)14(10)19/h6-8H,4-5,9H2,1-3H3. The molecule has 124 valence electrons. The molecule has 0 fully saturated rings. The maximum Gasteiger partial charge on any atom is 0.513 e. The first-order valence-corrected chi connectivity index (χ1v) is 8.58. The van der Waals surface area contributed by atoms with Gasteiger partial charge in [-0.05, 0) is 26.0 Å². The minimum Gasteiger partial charge on any atom is -0.437 e. The van der Waals surface area contributed by atoms with Crippen molar-refractivity contribution in [2.75, 3.05) is 26.0 Å². The number of Topliss-reactive ketones (excluding diaryl/α,β-unsaturated/α-hetero) is 1. The van der Waals surface area contributed by atoms with E-state index in [1.165, 1.54) is 18.9 Å². The Kier molecular flexibility index (Phi) is 5.96. The molecule has 1 heterocycles. The van der Waals surface area contributed by atoms with Gasteiger partial charge in [0.2, 0.25) is 0 Å². The first-order chi connectivity index (χ1) is 11.0. The van der Waals surface area contributed by atoms with Gasteiger partial charge in [0.25, 0.3) is 0 Å². The van der Waals surface area contributed by atoms with Gasteiger partial charge in [0.05, 0.1) is 22.6 Å². The molecule has 1 aliphatic heterocycles. The van der Waals surface area contributed by atoms with Crippen molar-refractivity contribution in [2.45, 2.75) is 18.7 Å². The third-order valence-electron chi connectivity index (χ3n) is 3.47. The SMILES string of the molecule is CCN(C=C1CSc2c(OC(=O)OC)ccc(Cl)c2C1=O)CC. The first-order valence-electron chi connectivity index (χ1n) is 7.22. The molecule has 0 amide bonds. The number of fused-ring (bicyclic) bond motifs is 1. The molecule has 0 saturated heterocycles. The highest BCUT2D eigenvalue weighted by Gasteiger charge is 2.29. The van der Waals surface area contributed by atoms with Crippen LogP contribution in [0.4, 0.5) is 4.79 Å². The highest BCUT2D eigenvalue weighted by atomic mass is 35.5. The van der Waals surface area contributed by atoms with E-state index in [9.17, 15) is 9.59 Å². The maximum absolute atomic E-state index is 12.7. The summed E-state index contributed by atoms with van der Waals surface area (Å²) in [5, 5.41) is 0.347. The van der Waals surface area contributed by atoms with Crippen molar-refractivity contribution in [3.63, 3.8) is 0 Å². The number of ether oxygens (including phenoxy) is 2. The van der Waals surface area contributed by atoms with Gasteiger partial charge in [-0.25, -0.2) is 4.79 Å². The number of hydrogen-bond donors (Lipinski definition) is 0. The molecule has 7 heteroatoms. The molecule has 2 rings (SSSR count). The Balaban J connectivity index is 2.41. The molecular weight excluding hydrogens is 338 g/mol. The second-order valence-electron chi connectivity index (χ2n) is 4.80. The summed E-state index contributed by atoms with van der Waals surface area (Å²) in [7, 11) is 1.23. The molecule has 0 saturated carbocycles. The Hall–Kier alpha value is -1.66. The van der Waals surface area contributed by atoms with E-state index in [4.69, 9.17) is 16.3 Å². The van der Waals surface area contributed by atoms with E-state index >= 15 is 0 Å². The lowest BCUT2D eigenvalue weighted by Crippen LogP contribution is -2.21. The smallest absolute Gasteiger partial charge is 0.437 e. The largest absolute Gasteiger partial charge is 0.513 e. The van der Waals surface area contributed by atoms with Crippen molar-refractivity contribution in [1.29, 1.82) is 0 Å². The summed E-state index contributed by atoms with van der Waals surface area (Å²) >= 11 is 7.63. The average Bonchev–Trinajstić information content (AvgIpc) is 2.56. The van der Waals surface area contributed by atoms with Crippen LogP contribution in [0.25, 0.3) is 0 Å². The number of rotatable bonds is 4. The highest BCUT2D eigenvalue weighted by Crippen LogP contribution is 2.42. The Morgan fingerprint density at radius 2 is 2.09 bits per heavy atom. The van der Waals surface area contributed by atoms with Gasteiger partial charge in [0.1, 0.15) is 5.75 Å². The summed E-state index contributed by atoms with van der Waals surface area (Å²) in [5.41, 5.74) is 1.06. The van der Waals surface area contributed by atoms with Gasteiger partial charge in [-0.3, -0.25) is 4.79 Å². The average molecular weight is 356 g/mol. The molecule has 1 aromatic carbocycles. The molecule has 1 aliphatic rings. The van der Waals surface area contributed by atoms with Gasteiger partial charge in [-0.1, -0.05) is 11.6 Å². The number of halogens is 1. The monoisotopic (exact) mass is 355 g/mol. The fourth-order valence-corrected chi connectivity index (χ4v) is 3.61. The fraction of sp³-hybridized carbons (Fsp3) is 0.375. The van der Waals surface area contributed by atoms with Crippen LogP contribution in [0.2, 0.25) is 5.02 Å². The Labute approximate surface area is 144 Å². The van der Waals surface area contributed by atoms with Crippen LogP contribution in [0.5, 0.6) is 5.75 Å². The minimum atomic E-state index is -0.827. The zero-order chi connectivity index (χ0) is 17.0. The normalized spacial score (nSPS) is 15.3. The molecule has 0 bridgehead atoms. The summed E-state index contributed by atoms with van der Waals surface area (Å²) < 4.78 is 9.60. The van der Waals surface area contributed by atoms with Crippen molar-refractivity contribution >= 4 is 35.3 Å². The minimum absolute atomic E-state index is 0.133. The third-order valence-corrected chi connectivity index (χ3v) is 4.94. The molecule has 5 nitrogen and oxygen atoms in total. The predicted molar refractivity (Wildman–Crippen MR) is 90.5 cm³/mol. The molecule has 23 heavy (non-hydrogen) atoms. The van der Waals surface area contributed by atoms with Crippen LogP contribution in [-0.4, -0.2) is 42.8 Å². The lowest BCUT2D eigenvalue weighted by Gasteiger charge is -2.23. The summed E-state index contributed by atoms with van der Waals surface area (Å²) in [5.74, 6) is 0.655. The van der Waals surface area contributed by atoms with Gasteiger partial charge in [-0.2, -0.15) is 0 Å². The number of thioether (sulfide) groups is 1. The van der Waals surface area contributed by atoms with Crippen LogP contribution in [0.3, 0.4) is 0 Å². The predicted octanol–water partition coefficient (Wildman–Crippen LogP) is 4.00. The highest BCUT2D eigenvalue weighted by molar-refractivity contribution is 7.99. The van der Waals surface area contributed by atoms with Crippen LogP contribution < -0.4 is 4.74 Å². The van der Waals surface area contributed by atoms with E-state index < -0.39 is 6.16 Å². The zero-order valence-corrected chi connectivity index (χ0v) is 14.8. The lowest BCUT2D eigenvalue weighted by molar-refractivity contribution is 0.102. The molecule has 0 aliphatic carbocycles. The lowest BCUT2D eigenvalue weighted by atomic mass is 10.0. The molecule has 0 radical (unpaired) electrons. The Bertz CT molecular complexity index is 656. The van der Waals surface area contributed by atoms with Crippen molar-refractivity contribution in [1.82, 2.24) is 4.90 Å². The quantitative estimate of drug-likeness (QED) is 0.462. The maximum atomic E-state index is 12.7. The van der Waals surface area contributed by atoms with Gasteiger partial charge in [0, 0.05) is 30.6 Å². The number of hydrogen-bond acceptors (Lipinski definition) is 6. The van der Waals surface area contributed by atoms with Crippen LogP contribution >= 0.6 is 23.4 Å². The number of carbonyl (C=O) groups is 2. The van der Waals surface area contributed by atoms with Crippen molar-refractivity contribution in [3.8, 4) is 5.75 Å². The van der Waals surface area contributed by atoms with Crippen LogP contribution in [0.1, 0.15) is 24.2 Å². The topological polar surface area (TPSA) is 55.8 Å². The van der Waals surface area contributed by atoms with E-state index in [1.54, 1.807) is 12.1 Å².